The molecule has 0 aromatic carbocycles. The summed E-state index contributed by atoms with van der Waals surface area (Å²) >= 11 is 1.44. The van der Waals surface area contributed by atoms with Crippen LogP contribution in [-0.2, 0) is 6.54 Å². The van der Waals surface area contributed by atoms with E-state index in [2.05, 4.69) is 16.8 Å². The Labute approximate surface area is 98.9 Å². The molecule has 1 aliphatic heterocycles. The number of aromatic carboxylic acids is 1. The zero-order valence-corrected chi connectivity index (χ0v) is 10.2. The van der Waals surface area contributed by atoms with E-state index in [0.717, 1.165) is 30.4 Å². The van der Waals surface area contributed by atoms with Gasteiger partial charge in [-0.3, -0.25) is 4.90 Å². The summed E-state index contributed by atoms with van der Waals surface area (Å²) in [5.74, 6) is -0.198. The van der Waals surface area contributed by atoms with E-state index < -0.39 is 5.97 Å². The molecule has 16 heavy (non-hydrogen) atoms. The molecule has 1 aromatic rings. The Bertz CT molecular complexity index is 378. The molecule has 88 valence electrons. The molecule has 2 heterocycles. The van der Waals surface area contributed by atoms with Gasteiger partial charge < -0.3 is 5.11 Å². The minimum atomic E-state index is -0.915. The first-order valence-corrected chi connectivity index (χ1v) is 6.43. The van der Waals surface area contributed by atoms with Gasteiger partial charge in [0.15, 0.2) is 5.69 Å². The van der Waals surface area contributed by atoms with Crippen molar-refractivity contribution in [3.63, 3.8) is 0 Å². The van der Waals surface area contributed by atoms with Gasteiger partial charge in [-0.15, -0.1) is 11.3 Å². The summed E-state index contributed by atoms with van der Waals surface area (Å²) in [5, 5.41) is 8.96. The average Bonchev–Trinajstić information content (AvgIpc) is 2.66. The quantitative estimate of drug-likeness (QED) is 0.878. The molecule has 0 spiro atoms. The monoisotopic (exact) mass is 240 g/mol. The zero-order chi connectivity index (χ0) is 11.5. The lowest BCUT2D eigenvalue weighted by molar-refractivity contribution is 0.0688. The highest BCUT2D eigenvalue weighted by Gasteiger charge is 2.20. The first-order chi connectivity index (χ1) is 7.66. The average molecular weight is 240 g/mol. The number of piperidine rings is 1. The zero-order valence-electron chi connectivity index (χ0n) is 9.35. The number of carboxylic acids is 1. The van der Waals surface area contributed by atoms with Crippen LogP contribution in [0.4, 0.5) is 0 Å². The molecule has 1 fully saturated rings. The second-order valence-corrected chi connectivity index (χ2v) is 5.35. The molecule has 0 aliphatic carbocycles. The van der Waals surface area contributed by atoms with Gasteiger partial charge in [0.1, 0.15) is 0 Å². The fourth-order valence-electron chi connectivity index (χ4n) is 2.19. The fourth-order valence-corrected chi connectivity index (χ4v) is 2.98. The molecule has 5 heteroatoms. The molecule has 0 bridgehead atoms. The maximum atomic E-state index is 10.9. The number of hydrogen-bond acceptors (Lipinski definition) is 4. The highest BCUT2D eigenvalue weighted by atomic mass is 32.1. The Kier molecular flexibility index (Phi) is 3.56. The number of carbonyl (C=O) groups is 1. The summed E-state index contributed by atoms with van der Waals surface area (Å²) in [6.07, 6.45) is 2.49. The third-order valence-corrected chi connectivity index (χ3v) is 3.77. The Morgan fingerprint density at radius 1 is 1.75 bits per heavy atom. The van der Waals surface area contributed by atoms with Crippen LogP contribution in [0, 0.1) is 5.92 Å². The van der Waals surface area contributed by atoms with Gasteiger partial charge in [0, 0.05) is 13.1 Å². The van der Waals surface area contributed by atoms with E-state index in [1.807, 2.05) is 0 Å². The Hall–Kier alpha value is -0.940. The topological polar surface area (TPSA) is 53.4 Å². The van der Waals surface area contributed by atoms with Crippen LogP contribution in [0.15, 0.2) is 5.51 Å². The highest BCUT2D eigenvalue weighted by Crippen LogP contribution is 2.21. The number of aromatic nitrogens is 1. The van der Waals surface area contributed by atoms with Crippen molar-refractivity contribution < 1.29 is 9.90 Å². The molecule has 2 rings (SSSR count). The van der Waals surface area contributed by atoms with Crippen LogP contribution in [-0.4, -0.2) is 34.0 Å². The van der Waals surface area contributed by atoms with Crippen LogP contribution >= 0.6 is 11.3 Å². The van der Waals surface area contributed by atoms with Crippen molar-refractivity contribution in [1.82, 2.24) is 9.88 Å². The lowest BCUT2D eigenvalue weighted by Crippen LogP contribution is -2.33. The van der Waals surface area contributed by atoms with Crippen LogP contribution in [0.5, 0.6) is 0 Å². The van der Waals surface area contributed by atoms with E-state index in [1.54, 1.807) is 5.51 Å². The summed E-state index contributed by atoms with van der Waals surface area (Å²) in [5.41, 5.74) is 1.84. The summed E-state index contributed by atoms with van der Waals surface area (Å²) in [4.78, 5) is 18.0. The molecular weight excluding hydrogens is 224 g/mol. The maximum Gasteiger partial charge on any atom is 0.355 e. The largest absolute Gasteiger partial charge is 0.476 e. The molecule has 1 unspecified atom stereocenters. The third kappa shape index (κ3) is 2.59. The van der Waals surface area contributed by atoms with E-state index >= 15 is 0 Å². The van der Waals surface area contributed by atoms with Crippen molar-refractivity contribution in [2.24, 2.45) is 5.92 Å². The fraction of sp³-hybridized carbons (Fsp3) is 0.636. The number of hydrogen-bond donors (Lipinski definition) is 1. The summed E-state index contributed by atoms with van der Waals surface area (Å²) < 4.78 is 0. The van der Waals surface area contributed by atoms with Crippen LogP contribution in [0.2, 0.25) is 0 Å². The maximum absolute atomic E-state index is 10.9. The van der Waals surface area contributed by atoms with E-state index in [4.69, 9.17) is 5.11 Å². The molecule has 0 amide bonds. The summed E-state index contributed by atoms with van der Waals surface area (Å²) in [7, 11) is 0. The van der Waals surface area contributed by atoms with E-state index in [0.29, 0.717) is 0 Å². The van der Waals surface area contributed by atoms with Crippen molar-refractivity contribution >= 4 is 17.3 Å². The predicted molar refractivity (Wildman–Crippen MR) is 62.7 cm³/mol. The standard InChI is InChI=1S/C11H16N2O2S/c1-8-3-2-4-13(5-8)6-9-10(11(14)15)12-7-16-9/h7-8H,2-6H2,1H3,(H,14,15). The number of likely N-dealkylation sites (tertiary alicyclic amines) is 1. The first kappa shape index (κ1) is 11.5. The molecule has 0 saturated carbocycles. The minimum Gasteiger partial charge on any atom is -0.476 e. The molecule has 1 aromatic heterocycles. The van der Waals surface area contributed by atoms with E-state index in [-0.39, 0.29) is 5.69 Å². The first-order valence-electron chi connectivity index (χ1n) is 5.55. The SMILES string of the molecule is CC1CCCN(Cc2scnc2C(=O)O)C1. The molecule has 4 nitrogen and oxygen atoms in total. The van der Waals surface area contributed by atoms with Gasteiger partial charge in [-0.1, -0.05) is 6.92 Å². The molecule has 1 atom stereocenters. The van der Waals surface area contributed by atoms with Crippen LogP contribution in [0.1, 0.15) is 35.1 Å². The van der Waals surface area contributed by atoms with Gasteiger partial charge in [0.25, 0.3) is 0 Å². The lowest BCUT2D eigenvalue weighted by Gasteiger charge is -2.30. The van der Waals surface area contributed by atoms with Crippen molar-refractivity contribution in [3.8, 4) is 0 Å². The Balaban J connectivity index is 2.02. The van der Waals surface area contributed by atoms with Crippen molar-refractivity contribution in [2.45, 2.75) is 26.3 Å². The van der Waals surface area contributed by atoms with Gasteiger partial charge in [0.05, 0.1) is 10.4 Å². The van der Waals surface area contributed by atoms with Crippen molar-refractivity contribution in [1.29, 1.82) is 0 Å². The highest BCUT2D eigenvalue weighted by molar-refractivity contribution is 7.09. The third-order valence-electron chi connectivity index (χ3n) is 2.95. The van der Waals surface area contributed by atoms with E-state index in [1.165, 1.54) is 24.2 Å². The lowest BCUT2D eigenvalue weighted by atomic mass is 10.0. The van der Waals surface area contributed by atoms with Crippen LogP contribution in [0.25, 0.3) is 0 Å². The van der Waals surface area contributed by atoms with Gasteiger partial charge in [-0.05, 0) is 25.3 Å². The van der Waals surface area contributed by atoms with Crippen molar-refractivity contribution in [2.75, 3.05) is 13.1 Å². The Morgan fingerprint density at radius 2 is 2.56 bits per heavy atom. The normalized spacial score (nSPS) is 22.2. The van der Waals surface area contributed by atoms with Gasteiger partial charge >= 0.3 is 5.97 Å². The van der Waals surface area contributed by atoms with Gasteiger partial charge in [-0.2, -0.15) is 0 Å². The molecule has 0 radical (unpaired) electrons. The van der Waals surface area contributed by atoms with E-state index in [9.17, 15) is 4.79 Å². The second kappa shape index (κ2) is 4.93. The van der Waals surface area contributed by atoms with Gasteiger partial charge in [-0.25, -0.2) is 9.78 Å². The molecule has 1 N–H and O–H groups in total. The second-order valence-electron chi connectivity index (χ2n) is 4.41. The number of nitrogens with zero attached hydrogens (tertiary/aromatic N) is 2. The summed E-state index contributed by atoms with van der Waals surface area (Å²) in [6.45, 7) is 5.12. The number of rotatable bonds is 3. The number of thiazole rings is 1. The number of carboxylic acid groups (broad SMARTS) is 1. The molecular formula is C11H16N2O2S. The Morgan fingerprint density at radius 3 is 3.25 bits per heavy atom. The van der Waals surface area contributed by atoms with Crippen LogP contribution in [0.3, 0.4) is 0 Å². The van der Waals surface area contributed by atoms with Crippen LogP contribution < -0.4 is 0 Å². The molecule has 1 aliphatic rings. The van der Waals surface area contributed by atoms with Crippen molar-refractivity contribution in [3.05, 3.63) is 16.1 Å². The predicted octanol–water partition coefficient (Wildman–Crippen LogP) is 2.07. The summed E-state index contributed by atoms with van der Waals surface area (Å²) in [6, 6.07) is 0. The molecule has 1 saturated heterocycles. The van der Waals surface area contributed by atoms with Gasteiger partial charge in [0.2, 0.25) is 0 Å². The smallest absolute Gasteiger partial charge is 0.355 e. The minimum absolute atomic E-state index is 0.225.